The smallest absolute Gasteiger partial charge is 0.209 e. The van der Waals surface area contributed by atoms with E-state index >= 15 is 0 Å². The molecule has 0 spiro atoms. The summed E-state index contributed by atoms with van der Waals surface area (Å²) in [5, 5.41) is 0. The van der Waals surface area contributed by atoms with Gasteiger partial charge in [0.05, 0.1) is 6.26 Å². The van der Waals surface area contributed by atoms with Crippen LogP contribution < -0.4 is 4.72 Å². The average Bonchev–Trinajstić information content (AvgIpc) is 2.01. The van der Waals surface area contributed by atoms with Crippen molar-refractivity contribution >= 4 is 26.0 Å². The van der Waals surface area contributed by atoms with Crippen molar-refractivity contribution in [3.63, 3.8) is 0 Å². The molecule has 0 bridgehead atoms. The molecule has 0 aliphatic carbocycles. The van der Waals surface area contributed by atoms with Crippen molar-refractivity contribution in [3.8, 4) is 0 Å². The van der Waals surface area contributed by atoms with E-state index in [9.17, 15) is 8.42 Å². The molecule has 78 valence electrons. The van der Waals surface area contributed by atoms with Gasteiger partial charge in [0.2, 0.25) is 10.0 Å². The molecular formula is C9H12BrNO2S. The van der Waals surface area contributed by atoms with Crippen LogP contribution in [0.2, 0.25) is 0 Å². The highest BCUT2D eigenvalue weighted by Gasteiger charge is 2.10. The lowest BCUT2D eigenvalue weighted by Gasteiger charge is -2.12. The van der Waals surface area contributed by atoms with Gasteiger partial charge in [0.15, 0.2) is 0 Å². The van der Waals surface area contributed by atoms with Crippen molar-refractivity contribution in [2.45, 2.75) is 13.0 Å². The van der Waals surface area contributed by atoms with Gasteiger partial charge in [-0.05, 0) is 24.6 Å². The van der Waals surface area contributed by atoms with Crippen LogP contribution in [0.5, 0.6) is 0 Å². The van der Waals surface area contributed by atoms with Gasteiger partial charge in [-0.15, -0.1) is 0 Å². The van der Waals surface area contributed by atoms with E-state index in [1.807, 2.05) is 31.2 Å². The molecule has 1 atom stereocenters. The number of hydrogen-bond acceptors (Lipinski definition) is 2. The monoisotopic (exact) mass is 277 g/mol. The Kier molecular flexibility index (Phi) is 3.69. The van der Waals surface area contributed by atoms with E-state index in [1.54, 1.807) is 0 Å². The molecule has 1 aromatic carbocycles. The Morgan fingerprint density at radius 1 is 1.43 bits per heavy atom. The summed E-state index contributed by atoms with van der Waals surface area (Å²) >= 11 is 3.33. The predicted octanol–water partition coefficient (Wildman–Crippen LogP) is 2.06. The van der Waals surface area contributed by atoms with E-state index in [2.05, 4.69) is 20.7 Å². The maximum Gasteiger partial charge on any atom is 0.209 e. The van der Waals surface area contributed by atoms with Gasteiger partial charge in [-0.3, -0.25) is 0 Å². The Morgan fingerprint density at radius 3 is 2.57 bits per heavy atom. The third-order valence-electron chi connectivity index (χ3n) is 1.74. The lowest BCUT2D eigenvalue weighted by atomic mass is 10.1. The number of halogens is 1. The second-order valence-electron chi connectivity index (χ2n) is 3.17. The first-order chi connectivity index (χ1) is 6.38. The van der Waals surface area contributed by atoms with E-state index in [0.29, 0.717) is 0 Å². The summed E-state index contributed by atoms with van der Waals surface area (Å²) in [6, 6.07) is 7.34. The zero-order valence-corrected chi connectivity index (χ0v) is 10.4. The van der Waals surface area contributed by atoms with Crippen molar-refractivity contribution in [1.29, 1.82) is 0 Å². The van der Waals surface area contributed by atoms with Gasteiger partial charge < -0.3 is 0 Å². The maximum atomic E-state index is 11.0. The Morgan fingerprint density at radius 2 is 2.07 bits per heavy atom. The van der Waals surface area contributed by atoms with Crippen molar-refractivity contribution in [1.82, 2.24) is 4.72 Å². The molecule has 14 heavy (non-hydrogen) atoms. The van der Waals surface area contributed by atoms with Crippen LogP contribution in [0.15, 0.2) is 28.7 Å². The minimum absolute atomic E-state index is 0.206. The highest BCUT2D eigenvalue weighted by molar-refractivity contribution is 9.10. The topological polar surface area (TPSA) is 46.2 Å². The minimum Gasteiger partial charge on any atom is -0.213 e. The highest BCUT2D eigenvalue weighted by Crippen LogP contribution is 2.18. The summed E-state index contributed by atoms with van der Waals surface area (Å²) in [5.41, 5.74) is 0.935. The van der Waals surface area contributed by atoms with Crippen molar-refractivity contribution in [3.05, 3.63) is 34.3 Å². The fourth-order valence-corrected chi connectivity index (χ4v) is 2.36. The summed E-state index contributed by atoms with van der Waals surface area (Å²) < 4.78 is 25.4. The number of benzene rings is 1. The van der Waals surface area contributed by atoms with Crippen LogP contribution in [0.3, 0.4) is 0 Å². The van der Waals surface area contributed by atoms with Gasteiger partial charge in [0.25, 0.3) is 0 Å². The molecule has 1 aromatic rings. The molecule has 0 amide bonds. The van der Waals surface area contributed by atoms with Gasteiger partial charge in [-0.25, -0.2) is 13.1 Å². The molecule has 1 N–H and O–H groups in total. The second kappa shape index (κ2) is 4.42. The average molecular weight is 278 g/mol. The van der Waals surface area contributed by atoms with Gasteiger partial charge in [0.1, 0.15) is 0 Å². The largest absolute Gasteiger partial charge is 0.213 e. The molecule has 3 nitrogen and oxygen atoms in total. The minimum atomic E-state index is -3.15. The third kappa shape index (κ3) is 3.77. The Bertz CT molecular complexity index is 417. The fourth-order valence-electron chi connectivity index (χ4n) is 1.17. The lowest BCUT2D eigenvalue weighted by molar-refractivity contribution is 0.573. The summed E-state index contributed by atoms with van der Waals surface area (Å²) in [6.07, 6.45) is 1.15. The Hall–Kier alpha value is -0.390. The summed E-state index contributed by atoms with van der Waals surface area (Å²) in [7, 11) is -3.15. The first kappa shape index (κ1) is 11.7. The van der Waals surface area contributed by atoms with Crippen LogP contribution >= 0.6 is 15.9 Å². The van der Waals surface area contributed by atoms with Gasteiger partial charge in [-0.2, -0.15) is 0 Å². The zero-order chi connectivity index (χ0) is 10.8. The van der Waals surface area contributed by atoms with Gasteiger partial charge >= 0.3 is 0 Å². The van der Waals surface area contributed by atoms with Crippen LogP contribution in [0.1, 0.15) is 18.5 Å². The molecule has 0 radical (unpaired) electrons. The Balaban J connectivity index is 2.85. The second-order valence-corrected chi connectivity index (χ2v) is 5.86. The zero-order valence-electron chi connectivity index (χ0n) is 7.99. The molecule has 0 aliphatic heterocycles. The number of sulfonamides is 1. The van der Waals surface area contributed by atoms with Crippen molar-refractivity contribution in [2.24, 2.45) is 0 Å². The van der Waals surface area contributed by atoms with E-state index in [1.165, 1.54) is 0 Å². The third-order valence-corrected chi connectivity index (χ3v) is 3.01. The predicted molar refractivity (Wildman–Crippen MR) is 60.5 cm³/mol. The molecule has 1 unspecified atom stereocenters. The van der Waals surface area contributed by atoms with E-state index in [0.717, 1.165) is 16.3 Å². The maximum absolute atomic E-state index is 11.0. The molecule has 5 heteroatoms. The van der Waals surface area contributed by atoms with Crippen LogP contribution in [0, 0.1) is 0 Å². The fraction of sp³-hybridized carbons (Fsp3) is 0.333. The van der Waals surface area contributed by atoms with E-state index in [4.69, 9.17) is 0 Å². The van der Waals surface area contributed by atoms with Gasteiger partial charge in [0, 0.05) is 10.5 Å². The van der Waals surface area contributed by atoms with Crippen molar-refractivity contribution < 1.29 is 8.42 Å². The molecule has 0 fully saturated rings. The normalized spacial score (nSPS) is 13.9. The number of hydrogen-bond donors (Lipinski definition) is 1. The first-order valence-corrected chi connectivity index (χ1v) is 6.80. The quantitative estimate of drug-likeness (QED) is 0.919. The number of rotatable bonds is 3. The van der Waals surface area contributed by atoms with Gasteiger partial charge in [-0.1, -0.05) is 28.1 Å². The van der Waals surface area contributed by atoms with Crippen molar-refractivity contribution in [2.75, 3.05) is 6.26 Å². The summed E-state index contributed by atoms with van der Waals surface area (Å²) in [4.78, 5) is 0. The Labute approximate surface area is 92.7 Å². The van der Waals surface area contributed by atoms with Crippen LogP contribution in [0.4, 0.5) is 0 Å². The molecule has 0 saturated heterocycles. The standard InChI is InChI=1S/C9H12BrNO2S/c1-7(11-14(2,12)13)8-4-3-5-9(10)6-8/h3-7,11H,1-2H3. The first-order valence-electron chi connectivity index (χ1n) is 4.11. The van der Waals surface area contributed by atoms with Crippen LogP contribution in [-0.2, 0) is 10.0 Å². The lowest BCUT2D eigenvalue weighted by Crippen LogP contribution is -2.25. The highest BCUT2D eigenvalue weighted by atomic mass is 79.9. The molecule has 0 aliphatic rings. The molecular weight excluding hydrogens is 266 g/mol. The molecule has 0 aromatic heterocycles. The summed E-state index contributed by atoms with van der Waals surface area (Å²) in [6.45, 7) is 1.81. The SMILES string of the molecule is CC(NS(C)(=O)=O)c1cccc(Br)c1. The van der Waals surface area contributed by atoms with Crippen LogP contribution in [-0.4, -0.2) is 14.7 Å². The number of nitrogens with one attached hydrogen (secondary N) is 1. The molecule has 0 heterocycles. The van der Waals surface area contributed by atoms with E-state index < -0.39 is 10.0 Å². The van der Waals surface area contributed by atoms with E-state index in [-0.39, 0.29) is 6.04 Å². The van der Waals surface area contributed by atoms with Crippen LogP contribution in [0.25, 0.3) is 0 Å². The summed E-state index contributed by atoms with van der Waals surface area (Å²) in [5.74, 6) is 0. The molecule has 0 saturated carbocycles. The molecule has 1 rings (SSSR count).